The molecule has 4 amide bonds. The molecular formula is C22H16N6O4S2. The number of amides is 4. The number of carbonyl (C=O) groups excluding carboxylic acids is 4. The average Bonchev–Trinajstić information content (AvgIpc) is 3.28. The van der Waals surface area contributed by atoms with Gasteiger partial charge in [-0.2, -0.15) is 0 Å². The molecule has 34 heavy (non-hydrogen) atoms. The number of benzene rings is 1. The molecule has 2 aliphatic heterocycles. The molecule has 0 spiro atoms. The quantitative estimate of drug-likeness (QED) is 0.373. The summed E-state index contributed by atoms with van der Waals surface area (Å²) >= 11 is 2.28. The van der Waals surface area contributed by atoms with E-state index in [2.05, 4.69) is 19.9 Å². The van der Waals surface area contributed by atoms with E-state index in [1.807, 2.05) is 0 Å². The van der Waals surface area contributed by atoms with E-state index in [9.17, 15) is 19.2 Å². The van der Waals surface area contributed by atoms with Crippen molar-refractivity contribution in [3.8, 4) is 0 Å². The molecule has 10 nitrogen and oxygen atoms in total. The molecule has 2 saturated heterocycles. The Bertz CT molecular complexity index is 1160. The number of carbonyl (C=O) groups is 4. The van der Waals surface area contributed by atoms with E-state index in [1.165, 1.54) is 0 Å². The summed E-state index contributed by atoms with van der Waals surface area (Å²) in [4.78, 5) is 69.5. The Labute approximate surface area is 202 Å². The largest absolute Gasteiger partial charge is 0.274 e. The van der Waals surface area contributed by atoms with Crippen LogP contribution in [0, 0.1) is 0 Å². The average molecular weight is 493 g/mol. The molecule has 12 heteroatoms. The van der Waals surface area contributed by atoms with Gasteiger partial charge in [0.2, 0.25) is 23.6 Å². The van der Waals surface area contributed by atoms with E-state index < -0.39 is 10.5 Å². The fourth-order valence-electron chi connectivity index (χ4n) is 3.63. The molecule has 0 radical (unpaired) electrons. The summed E-state index contributed by atoms with van der Waals surface area (Å²) in [7, 11) is 0. The molecular weight excluding hydrogens is 476 g/mol. The Hall–Kier alpha value is -3.64. The molecule has 2 aromatic heterocycles. The van der Waals surface area contributed by atoms with Crippen LogP contribution in [0.1, 0.15) is 12.8 Å². The number of imide groups is 2. The van der Waals surface area contributed by atoms with Crippen LogP contribution in [0.3, 0.4) is 0 Å². The minimum Gasteiger partial charge on any atom is -0.274 e. The van der Waals surface area contributed by atoms with Gasteiger partial charge in [0.25, 0.3) is 0 Å². The van der Waals surface area contributed by atoms with Crippen molar-refractivity contribution >= 4 is 58.5 Å². The zero-order chi connectivity index (χ0) is 23.7. The van der Waals surface area contributed by atoms with E-state index in [-0.39, 0.29) is 36.5 Å². The molecule has 0 N–H and O–H groups in total. The van der Waals surface area contributed by atoms with Gasteiger partial charge < -0.3 is 0 Å². The Morgan fingerprint density at radius 2 is 0.971 bits per heavy atom. The van der Waals surface area contributed by atoms with Crippen LogP contribution in [0.2, 0.25) is 0 Å². The van der Waals surface area contributed by atoms with Crippen molar-refractivity contribution in [2.75, 3.05) is 9.80 Å². The summed E-state index contributed by atoms with van der Waals surface area (Å²) in [6.45, 7) is 0. The number of nitrogens with zero attached hydrogens (tertiary/aromatic N) is 6. The fraction of sp³-hybridized carbons (Fsp3) is 0.182. The highest BCUT2D eigenvalue weighted by Crippen LogP contribution is 2.35. The third kappa shape index (κ3) is 4.29. The molecule has 1 aromatic carbocycles. The van der Waals surface area contributed by atoms with Crippen molar-refractivity contribution < 1.29 is 19.2 Å². The normalized spacial score (nSPS) is 20.5. The van der Waals surface area contributed by atoms with E-state index >= 15 is 0 Å². The number of anilines is 2. The van der Waals surface area contributed by atoms with Gasteiger partial charge in [-0.3, -0.25) is 19.2 Å². The lowest BCUT2D eigenvalue weighted by atomic mass is 10.2. The Balaban J connectivity index is 1.30. The van der Waals surface area contributed by atoms with Crippen molar-refractivity contribution in [1.29, 1.82) is 0 Å². The van der Waals surface area contributed by atoms with Crippen molar-refractivity contribution in [2.45, 2.75) is 33.7 Å². The molecule has 3 aromatic rings. The van der Waals surface area contributed by atoms with Gasteiger partial charge in [0.15, 0.2) is 10.3 Å². The lowest BCUT2D eigenvalue weighted by Crippen LogP contribution is -2.32. The molecule has 170 valence electrons. The molecule has 0 unspecified atom stereocenters. The summed E-state index contributed by atoms with van der Waals surface area (Å²) in [6.07, 6.45) is 6.36. The monoisotopic (exact) mass is 492 g/mol. The highest BCUT2D eigenvalue weighted by atomic mass is 32.2. The first kappa shape index (κ1) is 22.2. The van der Waals surface area contributed by atoms with E-state index in [4.69, 9.17) is 0 Å². The summed E-state index contributed by atoms with van der Waals surface area (Å²) in [5.74, 6) is -1.39. The zero-order valence-corrected chi connectivity index (χ0v) is 19.1. The van der Waals surface area contributed by atoms with Crippen LogP contribution in [0.5, 0.6) is 0 Å². The maximum atomic E-state index is 12.9. The summed E-state index contributed by atoms with van der Waals surface area (Å²) < 4.78 is 0. The van der Waals surface area contributed by atoms with Crippen LogP contribution in [-0.4, -0.2) is 54.1 Å². The molecule has 0 saturated carbocycles. The second-order valence-electron chi connectivity index (χ2n) is 7.34. The number of thioether (sulfide) groups is 2. The number of hydrogen-bond acceptors (Lipinski definition) is 10. The van der Waals surface area contributed by atoms with Crippen molar-refractivity contribution in [3.05, 3.63) is 61.2 Å². The van der Waals surface area contributed by atoms with Gasteiger partial charge in [-0.25, -0.2) is 29.7 Å². The minimum absolute atomic E-state index is 0.0348. The molecule has 0 bridgehead atoms. The van der Waals surface area contributed by atoms with Gasteiger partial charge in [-0.15, -0.1) is 0 Å². The second-order valence-corrected chi connectivity index (χ2v) is 9.67. The van der Waals surface area contributed by atoms with Gasteiger partial charge in [0.1, 0.15) is 10.5 Å². The zero-order valence-electron chi connectivity index (χ0n) is 17.5. The lowest BCUT2D eigenvalue weighted by molar-refractivity contribution is -0.122. The van der Waals surface area contributed by atoms with Gasteiger partial charge in [-0.1, -0.05) is 23.5 Å². The molecule has 2 atom stereocenters. The highest BCUT2D eigenvalue weighted by Gasteiger charge is 2.42. The van der Waals surface area contributed by atoms with Gasteiger partial charge in [0, 0.05) is 37.6 Å². The maximum absolute atomic E-state index is 12.9. The van der Waals surface area contributed by atoms with Crippen LogP contribution < -0.4 is 9.80 Å². The topological polar surface area (TPSA) is 126 Å². The van der Waals surface area contributed by atoms with E-state index in [0.717, 1.165) is 33.3 Å². The third-order valence-corrected chi connectivity index (χ3v) is 7.31. The van der Waals surface area contributed by atoms with Gasteiger partial charge in [-0.05, 0) is 36.4 Å². The van der Waals surface area contributed by atoms with Crippen molar-refractivity contribution in [1.82, 2.24) is 19.9 Å². The molecule has 0 aliphatic carbocycles. The summed E-state index contributed by atoms with van der Waals surface area (Å²) in [6, 6.07) is 9.56. The van der Waals surface area contributed by atoms with Crippen LogP contribution in [0.4, 0.5) is 11.4 Å². The lowest BCUT2D eigenvalue weighted by Gasteiger charge is -2.18. The first-order valence-corrected chi connectivity index (χ1v) is 12.0. The first-order valence-electron chi connectivity index (χ1n) is 10.2. The number of aromatic nitrogens is 4. The van der Waals surface area contributed by atoms with Gasteiger partial charge >= 0.3 is 0 Å². The molecule has 4 heterocycles. The number of rotatable bonds is 6. The standard InChI is InChI=1S/C22H16N6O4S2/c29-17-11-15(33-21-23-7-1-8-24-21)19(31)27(17)13-3-5-14(6-4-13)28-18(30)12-16(20(28)32)34-22-25-9-2-10-26-22/h1-10,15-16H,11-12H2/t15-,16-/m0/s1. The summed E-state index contributed by atoms with van der Waals surface area (Å²) in [5.41, 5.74) is 0.747. The molecule has 2 aliphatic rings. The van der Waals surface area contributed by atoms with Crippen LogP contribution in [0.15, 0.2) is 71.5 Å². The Morgan fingerprint density at radius 3 is 1.32 bits per heavy atom. The minimum atomic E-state index is -0.616. The van der Waals surface area contributed by atoms with Crippen LogP contribution >= 0.6 is 23.5 Å². The van der Waals surface area contributed by atoms with Gasteiger partial charge in [0.05, 0.1) is 11.4 Å². The Morgan fingerprint density at radius 1 is 0.618 bits per heavy atom. The van der Waals surface area contributed by atoms with Crippen molar-refractivity contribution in [2.24, 2.45) is 0 Å². The fourth-order valence-corrected chi connectivity index (χ4v) is 5.49. The second kappa shape index (κ2) is 9.31. The predicted molar refractivity (Wildman–Crippen MR) is 124 cm³/mol. The third-order valence-electron chi connectivity index (χ3n) is 5.16. The first-order chi connectivity index (χ1) is 16.5. The summed E-state index contributed by atoms with van der Waals surface area (Å²) in [5, 5.41) is -0.390. The Kier molecular flexibility index (Phi) is 6.07. The van der Waals surface area contributed by atoms with Crippen molar-refractivity contribution in [3.63, 3.8) is 0 Å². The smallest absolute Gasteiger partial charge is 0.247 e. The molecule has 2 fully saturated rings. The van der Waals surface area contributed by atoms with Crippen LogP contribution in [-0.2, 0) is 19.2 Å². The van der Waals surface area contributed by atoms with E-state index in [0.29, 0.717) is 21.7 Å². The van der Waals surface area contributed by atoms with E-state index in [1.54, 1.807) is 61.2 Å². The molecule has 5 rings (SSSR count). The maximum Gasteiger partial charge on any atom is 0.247 e. The SMILES string of the molecule is O=C1C[C@H](Sc2ncccn2)C(=O)N1c1ccc(N2C(=O)C[C@H](Sc3ncccn3)C2=O)cc1. The van der Waals surface area contributed by atoms with Crippen LogP contribution in [0.25, 0.3) is 0 Å². The number of hydrogen-bond donors (Lipinski definition) is 0. The predicted octanol–water partition coefficient (Wildman–Crippen LogP) is 2.11. The highest BCUT2D eigenvalue weighted by molar-refractivity contribution is 8.00.